The van der Waals surface area contributed by atoms with Gasteiger partial charge in [0.2, 0.25) is 0 Å². The van der Waals surface area contributed by atoms with E-state index in [0.717, 1.165) is 29.0 Å². The van der Waals surface area contributed by atoms with Crippen LogP contribution in [0, 0.1) is 0 Å². The summed E-state index contributed by atoms with van der Waals surface area (Å²) in [6.07, 6.45) is 1.79. The maximum atomic E-state index is 11.8. The molecule has 0 bridgehead atoms. The van der Waals surface area contributed by atoms with Crippen molar-refractivity contribution in [3.05, 3.63) is 30.9 Å². The van der Waals surface area contributed by atoms with Crippen LogP contribution in [0.5, 0.6) is 0 Å². The van der Waals surface area contributed by atoms with E-state index in [9.17, 15) is 9.59 Å². The molecule has 0 spiro atoms. The Balaban J connectivity index is 2.23. The molecule has 2 heterocycles. The number of thiophene rings is 1. The Hall–Kier alpha value is -1.40. The zero-order valence-electron chi connectivity index (χ0n) is 8.80. The first-order chi connectivity index (χ1) is 8.16. The molecule has 1 aliphatic rings. The first kappa shape index (κ1) is 10.7. The zero-order valence-corrected chi connectivity index (χ0v) is 10.4. The molecule has 0 aromatic carbocycles. The van der Waals surface area contributed by atoms with Crippen LogP contribution in [-0.2, 0) is 24.2 Å². The lowest BCUT2D eigenvalue weighted by Crippen LogP contribution is -2.20. The van der Waals surface area contributed by atoms with E-state index in [2.05, 4.69) is 0 Å². The van der Waals surface area contributed by atoms with Gasteiger partial charge in [-0.25, -0.2) is 0 Å². The number of carbonyl (C=O) groups is 1. The number of aryl methyl sites for hydroxylation is 2. The average Bonchev–Trinajstić information content (AvgIpc) is 2.83. The molecule has 6 heteroatoms. The third-order valence-electron chi connectivity index (χ3n) is 2.84. The molecule has 2 aromatic rings. The lowest BCUT2D eigenvalue weighted by atomic mass is 10.0. The molecule has 0 saturated heterocycles. The van der Waals surface area contributed by atoms with Crippen molar-refractivity contribution in [2.24, 2.45) is 0 Å². The fourth-order valence-corrected chi connectivity index (χ4v) is 4.04. The van der Waals surface area contributed by atoms with Gasteiger partial charge in [0.05, 0.1) is 5.69 Å². The number of hydrogen-bond donors (Lipinski definition) is 1. The molecule has 0 saturated carbocycles. The number of hydrogen-bond acceptors (Lipinski definition) is 4. The van der Waals surface area contributed by atoms with Crippen LogP contribution in [0.15, 0.2) is 16.2 Å². The lowest BCUT2D eigenvalue weighted by Gasteiger charge is -2.13. The van der Waals surface area contributed by atoms with Crippen molar-refractivity contribution >= 4 is 28.6 Å². The van der Waals surface area contributed by atoms with Crippen molar-refractivity contribution in [3.8, 4) is 11.3 Å². The second kappa shape index (κ2) is 3.82. The summed E-state index contributed by atoms with van der Waals surface area (Å²) in [5.74, 6) is -0.977. The molecule has 88 valence electrons. The van der Waals surface area contributed by atoms with Gasteiger partial charge in [-0.1, -0.05) is 11.3 Å². The van der Waals surface area contributed by atoms with Gasteiger partial charge in [0.15, 0.2) is 0 Å². The van der Waals surface area contributed by atoms with Gasteiger partial charge in [0, 0.05) is 15.3 Å². The van der Waals surface area contributed by atoms with Gasteiger partial charge < -0.3 is 5.11 Å². The summed E-state index contributed by atoms with van der Waals surface area (Å²) >= 11 is 2.84. The van der Waals surface area contributed by atoms with Gasteiger partial charge in [-0.15, -0.1) is 11.3 Å². The van der Waals surface area contributed by atoms with Crippen LogP contribution in [0.4, 0.5) is 0 Å². The summed E-state index contributed by atoms with van der Waals surface area (Å²) in [6, 6.07) is 1.97. The minimum atomic E-state index is -0.977. The Morgan fingerprint density at radius 1 is 1.41 bits per heavy atom. The summed E-state index contributed by atoms with van der Waals surface area (Å²) < 4.78 is 1.38. The molecule has 4 nitrogen and oxygen atoms in total. The van der Waals surface area contributed by atoms with E-state index >= 15 is 0 Å². The summed E-state index contributed by atoms with van der Waals surface area (Å²) in [7, 11) is 0. The van der Waals surface area contributed by atoms with Crippen LogP contribution in [-0.4, -0.2) is 15.6 Å². The summed E-state index contributed by atoms with van der Waals surface area (Å²) in [6.45, 7) is -0.250. The Kier molecular flexibility index (Phi) is 2.41. The Morgan fingerprint density at radius 3 is 2.94 bits per heavy atom. The number of thiazole rings is 1. The predicted octanol–water partition coefficient (Wildman–Crippen LogP) is 1.82. The molecule has 0 unspecified atom stereocenters. The molecule has 0 amide bonds. The van der Waals surface area contributed by atoms with Gasteiger partial charge in [-0.2, -0.15) is 0 Å². The average molecular weight is 267 g/mol. The van der Waals surface area contributed by atoms with E-state index in [4.69, 9.17) is 5.11 Å². The highest BCUT2D eigenvalue weighted by Gasteiger charge is 2.24. The monoisotopic (exact) mass is 267 g/mol. The van der Waals surface area contributed by atoms with Gasteiger partial charge in [-0.05, 0) is 24.3 Å². The summed E-state index contributed by atoms with van der Waals surface area (Å²) in [5.41, 5.74) is 1.86. The molecule has 3 rings (SSSR count). The smallest absolute Gasteiger partial charge is 0.323 e. The first-order valence-electron chi connectivity index (χ1n) is 5.18. The molecule has 0 radical (unpaired) electrons. The van der Waals surface area contributed by atoms with Crippen LogP contribution in [0.3, 0.4) is 0 Å². The van der Waals surface area contributed by atoms with Crippen LogP contribution in [0.2, 0.25) is 0 Å². The SMILES string of the molecule is O=C(O)Cn1c2c(sc1=O)CCc1sccc1-2. The number of carboxylic acid groups (broad SMARTS) is 1. The highest BCUT2D eigenvalue weighted by molar-refractivity contribution is 7.11. The van der Waals surface area contributed by atoms with E-state index in [0.29, 0.717) is 0 Å². The second-order valence-corrected chi connectivity index (χ2v) is 5.92. The van der Waals surface area contributed by atoms with Gasteiger partial charge in [-0.3, -0.25) is 14.2 Å². The maximum Gasteiger partial charge on any atom is 0.323 e. The lowest BCUT2D eigenvalue weighted by molar-refractivity contribution is -0.137. The zero-order chi connectivity index (χ0) is 12.0. The van der Waals surface area contributed by atoms with Crippen molar-refractivity contribution in [1.29, 1.82) is 0 Å². The number of aliphatic carboxylic acids is 1. The maximum absolute atomic E-state index is 11.8. The number of fused-ring (bicyclic) bond motifs is 3. The number of aromatic nitrogens is 1. The molecule has 0 atom stereocenters. The topological polar surface area (TPSA) is 59.3 Å². The third-order valence-corrected chi connectivity index (χ3v) is 4.86. The van der Waals surface area contributed by atoms with Crippen molar-refractivity contribution in [3.63, 3.8) is 0 Å². The highest BCUT2D eigenvalue weighted by Crippen LogP contribution is 2.37. The number of carboxylic acids is 1. The largest absolute Gasteiger partial charge is 0.480 e. The molecule has 2 aromatic heterocycles. The van der Waals surface area contributed by atoms with Gasteiger partial charge in [0.25, 0.3) is 0 Å². The fourth-order valence-electron chi connectivity index (χ4n) is 2.17. The third kappa shape index (κ3) is 1.64. The molecule has 1 aliphatic carbocycles. The Bertz CT molecular complexity index is 650. The normalized spacial score (nSPS) is 13.2. The van der Waals surface area contributed by atoms with Gasteiger partial charge in [0.1, 0.15) is 6.54 Å². The molecular formula is C11H9NO3S2. The number of nitrogens with zero attached hydrogens (tertiary/aromatic N) is 1. The highest BCUT2D eigenvalue weighted by atomic mass is 32.1. The van der Waals surface area contributed by atoms with Crippen LogP contribution < -0.4 is 4.87 Å². The van der Waals surface area contributed by atoms with E-state index in [1.807, 2.05) is 11.4 Å². The van der Waals surface area contributed by atoms with Crippen molar-refractivity contribution < 1.29 is 9.90 Å². The standard InChI is InChI=1S/C11H9NO3S2/c13-9(14)5-12-10-6-3-4-16-7(6)1-2-8(10)17-11(12)15/h3-4H,1-2,5H2,(H,13,14). The second-order valence-electron chi connectivity index (χ2n) is 3.88. The number of rotatable bonds is 2. The van der Waals surface area contributed by atoms with Crippen molar-refractivity contribution in [1.82, 2.24) is 4.57 Å². The van der Waals surface area contributed by atoms with E-state index in [1.165, 1.54) is 20.8 Å². The van der Waals surface area contributed by atoms with E-state index in [-0.39, 0.29) is 11.4 Å². The Morgan fingerprint density at radius 2 is 2.18 bits per heavy atom. The molecule has 0 aliphatic heterocycles. The predicted molar refractivity (Wildman–Crippen MR) is 66.9 cm³/mol. The van der Waals surface area contributed by atoms with Crippen molar-refractivity contribution in [2.75, 3.05) is 0 Å². The van der Waals surface area contributed by atoms with E-state index in [1.54, 1.807) is 11.3 Å². The van der Waals surface area contributed by atoms with E-state index < -0.39 is 5.97 Å². The Labute approximate surface area is 105 Å². The van der Waals surface area contributed by atoms with Crippen LogP contribution >= 0.6 is 22.7 Å². The van der Waals surface area contributed by atoms with Crippen LogP contribution in [0.25, 0.3) is 11.3 Å². The van der Waals surface area contributed by atoms with Gasteiger partial charge >= 0.3 is 10.8 Å². The fraction of sp³-hybridized carbons (Fsp3) is 0.273. The minimum absolute atomic E-state index is 0.170. The molecule has 0 fully saturated rings. The van der Waals surface area contributed by atoms with Crippen LogP contribution in [0.1, 0.15) is 9.75 Å². The van der Waals surface area contributed by atoms with Crippen molar-refractivity contribution in [2.45, 2.75) is 19.4 Å². The molecular weight excluding hydrogens is 258 g/mol. The molecule has 1 N–H and O–H groups in total. The summed E-state index contributed by atoms with van der Waals surface area (Å²) in [5, 5.41) is 10.9. The first-order valence-corrected chi connectivity index (χ1v) is 6.87. The minimum Gasteiger partial charge on any atom is -0.480 e. The summed E-state index contributed by atoms with van der Waals surface area (Å²) in [4.78, 5) is 24.7. The quantitative estimate of drug-likeness (QED) is 0.903. The molecule has 17 heavy (non-hydrogen) atoms.